The number of methoxy groups -OCH3 is 2. The number of hydrogen-bond donors (Lipinski definition) is 1. The van der Waals surface area contributed by atoms with Crippen LogP contribution in [-0.4, -0.2) is 48.5 Å². The van der Waals surface area contributed by atoms with Gasteiger partial charge in [-0.3, -0.25) is 29.7 Å². The molecule has 0 saturated carbocycles. The molecule has 0 fully saturated rings. The second-order valence-corrected chi connectivity index (χ2v) is 8.09. The Morgan fingerprint density at radius 2 is 1.84 bits per heavy atom. The number of urea groups is 1. The number of fused-ring (bicyclic) bond motifs is 1. The van der Waals surface area contributed by atoms with Crippen molar-refractivity contribution in [3.8, 4) is 11.5 Å². The number of anilines is 2. The third-order valence-electron chi connectivity index (χ3n) is 5.76. The quantitative estimate of drug-likeness (QED) is 0.482. The Balaban J connectivity index is 1.90. The van der Waals surface area contributed by atoms with Gasteiger partial charge >= 0.3 is 6.03 Å². The zero-order valence-corrected chi connectivity index (χ0v) is 20.7. The van der Waals surface area contributed by atoms with E-state index in [0.29, 0.717) is 33.9 Å². The summed E-state index contributed by atoms with van der Waals surface area (Å²) in [6.07, 6.45) is 7.60. The van der Waals surface area contributed by atoms with E-state index < -0.39 is 23.4 Å². The maximum atomic E-state index is 15.4. The topological polar surface area (TPSA) is 119 Å². The Kier molecular flexibility index (Phi) is 7.27. The molecule has 12 heteroatoms. The van der Waals surface area contributed by atoms with Crippen LogP contribution in [0.15, 0.2) is 47.6 Å². The summed E-state index contributed by atoms with van der Waals surface area (Å²) in [6, 6.07) is 2.08. The molecule has 0 radical (unpaired) electrons. The molecule has 3 aromatic rings. The van der Waals surface area contributed by atoms with Crippen LogP contribution < -0.4 is 25.0 Å². The SMILES string of the molecule is CN=CC(=C(C)N)c1cc2c(cn1)CN(c1c(F)c(OC)cc(OC)c1F)C(=O)N2Cc1cnccn1. The van der Waals surface area contributed by atoms with Gasteiger partial charge in [0.1, 0.15) is 5.69 Å². The van der Waals surface area contributed by atoms with Crippen LogP contribution >= 0.6 is 0 Å². The Bertz CT molecular complexity index is 1360. The highest BCUT2D eigenvalue weighted by molar-refractivity contribution is 6.11. The average Bonchev–Trinajstić information content (AvgIpc) is 2.90. The number of aliphatic imine (C=N–C) groups is 1. The summed E-state index contributed by atoms with van der Waals surface area (Å²) >= 11 is 0. The number of nitrogens with zero attached hydrogens (tertiary/aromatic N) is 6. The Labute approximate surface area is 212 Å². The van der Waals surface area contributed by atoms with Crippen LogP contribution in [0.2, 0.25) is 0 Å². The van der Waals surface area contributed by atoms with Crippen LogP contribution in [-0.2, 0) is 13.1 Å². The van der Waals surface area contributed by atoms with E-state index in [1.807, 2.05) is 0 Å². The molecule has 1 aliphatic heterocycles. The molecule has 1 aromatic carbocycles. The summed E-state index contributed by atoms with van der Waals surface area (Å²) < 4.78 is 40.9. The van der Waals surface area contributed by atoms with Crippen molar-refractivity contribution in [3.05, 3.63) is 71.2 Å². The molecular weight excluding hydrogens is 484 g/mol. The minimum atomic E-state index is -1.04. The van der Waals surface area contributed by atoms with Crippen molar-refractivity contribution < 1.29 is 23.0 Å². The molecule has 4 rings (SSSR count). The first-order chi connectivity index (χ1) is 17.8. The van der Waals surface area contributed by atoms with Crippen LogP contribution in [0.1, 0.15) is 23.9 Å². The van der Waals surface area contributed by atoms with Crippen LogP contribution in [0.5, 0.6) is 11.5 Å². The van der Waals surface area contributed by atoms with Gasteiger partial charge in [0.2, 0.25) is 0 Å². The van der Waals surface area contributed by atoms with Gasteiger partial charge in [-0.25, -0.2) is 13.6 Å². The summed E-state index contributed by atoms with van der Waals surface area (Å²) in [4.78, 5) is 33.0. The Hall–Kier alpha value is -4.61. The molecule has 2 aromatic heterocycles. The highest BCUT2D eigenvalue weighted by Crippen LogP contribution is 2.41. The average molecular weight is 510 g/mol. The van der Waals surface area contributed by atoms with Gasteiger partial charge in [-0.05, 0) is 13.0 Å². The zero-order valence-electron chi connectivity index (χ0n) is 20.7. The number of rotatable bonds is 7. The molecule has 10 nitrogen and oxygen atoms in total. The summed E-state index contributed by atoms with van der Waals surface area (Å²) in [5, 5.41) is 0. The minimum Gasteiger partial charge on any atom is -0.493 e. The van der Waals surface area contributed by atoms with Gasteiger partial charge in [0.05, 0.1) is 50.6 Å². The normalized spacial score (nSPS) is 14.1. The summed E-state index contributed by atoms with van der Waals surface area (Å²) in [5.41, 5.74) is 8.46. The summed E-state index contributed by atoms with van der Waals surface area (Å²) in [7, 11) is 4.08. The van der Waals surface area contributed by atoms with Crippen molar-refractivity contribution in [2.24, 2.45) is 10.7 Å². The molecule has 3 heterocycles. The lowest BCUT2D eigenvalue weighted by atomic mass is 10.0. The van der Waals surface area contributed by atoms with Crippen molar-refractivity contribution in [3.63, 3.8) is 0 Å². The molecule has 0 saturated heterocycles. The van der Waals surface area contributed by atoms with Crippen molar-refractivity contribution in [1.29, 1.82) is 0 Å². The van der Waals surface area contributed by atoms with Gasteiger partial charge in [0.15, 0.2) is 23.1 Å². The summed E-state index contributed by atoms with van der Waals surface area (Å²) in [6.45, 7) is 1.53. The minimum absolute atomic E-state index is 0.0213. The van der Waals surface area contributed by atoms with Crippen LogP contribution in [0, 0.1) is 11.6 Å². The van der Waals surface area contributed by atoms with Gasteiger partial charge in [0, 0.05) is 54.8 Å². The fraction of sp³-hybridized carbons (Fsp3) is 0.240. The first-order valence-corrected chi connectivity index (χ1v) is 11.1. The number of allylic oxidation sites excluding steroid dienone is 2. The molecular formula is C25H25F2N7O3. The number of halogens is 2. The molecule has 192 valence electrons. The van der Waals surface area contributed by atoms with Crippen LogP contribution in [0.3, 0.4) is 0 Å². The van der Waals surface area contributed by atoms with E-state index in [9.17, 15) is 4.79 Å². The third kappa shape index (κ3) is 4.77. The number of carbonyl (C=O) groups excluding carboxylic acids is 1. The number of ether oxygens (including phenoxy) is 2. The number of aromatic nitrogens is 3. The van der Waals surface area contributed by atoms with Gasteiger partial charge < -0.3 is 15.2 Å². The number of carbonyl (C=O) groups is 1. The fourth-order valence-corrected chi connectivity index (χ4v) is 3.99. The van der Waals surface area contributed by atoms with Crippen LogP contribution in [0.25, 0.3) is 5.57 Å². The van der Waals surface area contributed by atoms with E-state index in [4.69, 9.17) is 15.2 Å². The maximum Gasteiger partial charge on any atom is 0.329 e. The van der Waals surface area contributed by atoms with E-state index in [2.05, 4.69) is 19.9 Å². The van der Waals surface area contributed by atoms with Gasteiger partial charge in [-0.1, -0.05) is 0 Å². The molecule has 37 heavy (non-hydrogen) atoms. The molecule has 0 spiro atoms. The first kappa shape index (κ1) is 25.5. The number of hydrogen-bond acceptors (Lipinski definition) is 8. The fourth-order valence-electron chi connectivity index (χ4n) is 3.99. The molecule has 0 unspecified atom stereocenters. The smallest absolute Gasteiger partial charge is 0.329 e. The van der Waals surface area contributed by atoms with Crippen molar-refractivity contribution in [2.45, 2.75) is 20.0 Å². The van der Waals surface area contributed by atoms with Gasteiger partial charge in [-0.2, -0.15) is 0 Å². The molecule has 0 aliphatic carbocycles. The van der Waals surface area contributed by atoms with Crippen molar-refractivity contribution in [1.82, 2.24) is 15.0 Å². The summed E-state index contributed by atoms with van der Waals surface area (Å²) in [5.74, 6) is -2.62. The highest BCUT2D eigenvalue weighted by atomic mass is 19.1. The predicted molar refractivity (Wildman–Crippen MR) is 135 cm³/mol. The Morgan fingerprint density at radius 3 is 2.41 bits per heavy atom. The number of amides is 2. The molecule has 0 bridgehead atoms. The number of pyridine rings is 1. The largest absolute Gasteiger partial charge is 0.493 e. The predicted octanol–water partition coefficient (Wildman–Crippen LogP) is 3.70. The Morgan fingerprint density at radius 1 is 1.14 bits per heavy atom. The third-order valence-corrected chi connectivity index (χ3v) is 5.76. The lowest BCUT2D eigenvalue weighted by Gasteiger charge is -2.37. The van der Waals surface area contributed by atoms with E-state index >= 15 is 8.78 Å². The van der Waals surface area contributed by atoms with E-state index in [1.165, 1.54) is 43.9 Å². The second-order valence-electron chi connectivity index (χ2n) is 8.09. The van der Waals surface area contributed by atoms with Crippen molar-refractivity contribution in [2.75, 3.05) is 31.1 Å². The van der Waals surface area contributed by atoms with Gasteiger partial charge in [-0.15, -0.1) is 0 Å². The molecule has 1 aliphatic rings. The zero-order chi connectivity index (χ0) is 26.7. The van der Waals surface area contributed by atoms with E-state index in [-0.39, 0.29) is 24.6 Å². The van der Waals surface area contributed by atoms with Gasteiger partial charge in [0.25, 0.3) is 0 Å². The molecule has 2 N–H and O–H groups in total. The molecule has 0 atom stereocenters. The molecule has 2 amide bonds. The second kappa shape index (κ2) is 10.6. The van der Waals surface area contributed by atoms with E-state index in [1.54, 1.807) is 26.3 Å². The first-order valence-electron chi connectivity index (χ1n) is 11.1. The lowest BCUT2D eigenvalue weighted by molar-refractivity contribution is 0.249. The standard InChI is InChI=1S/C25H25F2N7O3/c1-14(28)17(11-29-2)18-7-19-15(9-32-18)12-34(25(35)33(19)13-16-10-30-5-6-31-16)24-22(26)20(36-3)8-21(37-4)23(24)27/h5-11H,12-13,28H2,1-4H3. The maximum absolute atomic E-state index is 15.4. The van der Waals surface area contributed by atoms with E-state index in [0.717, 1.165) is 11.0 Å². The lowest BCUT2D eigenvalue weighted by Crippen LogP contribution is -2.48. The van der Waals surface area contributed by atoms with Crippen molar-refractivity contribution >= 4 is 29.2 Å². The van der Waals surface area contributed by atoms with Crippen LogP contribution in [0.4, 0.5) is 25.0 Å². The number of benzene rings is 1. The highest BCUT2D eigenvalue weighted by Gasteiger charge is 2.37. The number of nitrogens with two attached hydrogens (primary N) is 1. The monoisotopic (exact) mass is 509 g/mol.